The smallest absolute Gasteiger partial charge is 0.126 e. The fraction of sp³-hybridized carbons (Fsp3) is 0.571. The molecule has 1 aromatic carbocycles. The molecule has 18 heavy (non-hydrogen) atoms. The van der Waals surface area contributed by atoms with E-state index in [4.69, 9.17) is 16.3 Å². The minimum absolute atomic E-state index is 0.376. The Morgan fingerprint density at radius 1 is 1.44 bits per heavy atom. The van der Waals surface area contributed by atoms with Crippen LogP contribution in [-0.2, 0) is 12.8 Å². The van der Waals surface area contributed by atoms with Crippen LogP contribution in [0.2, 0.25) is 5.02 Å². The Bertz CT molecular complexity index is 421. The predicted octanol–water partition coefficient (Wildman–Crippen LogP) is 2.18. The molecule has 0 bridgehead atoms. The number of rotatable bonds is 5. The summed E-state index contributed by atoms with van der Waals surface area (Å²) in [5.41, 5.74) is 2.16. The topological polar surface area (TPSA) is 41.5 Å². The molecule has 1 heterocycles. The largest absolute Gasteiger partial charge is 0.493 e. The summed E-state index contributed by atoms with van der Waals surface area (Å²) in [7, 11) is 0. The minimum atomic E-state index is -0.417. The maximum atomic E-state index is 10.0. The summed E-state index contributed by atoms with van der Waals surface area (Å²) < 4.78 is 5.62. The summed E-state index contributed by atoms with van der Waals surface area (Å²) in [4.78, 5) is 0. The second kappa shape index (κ2) is 5.91. The zero-order valence-electron chi connectivity index (χ0n) is 10.9. The quantitative estimate of drug-likeness (QED) is 0.861. The minimum Gasteiger partial charge on any atom is -0.493 e. The highest BCUT2D eigenvalue weighted by Crippen LogP contribution is 2.33. The molecular formula is C14H20ClNO2. The van der Waals surface area contributed by atoms with E-state index in [0.717, 1.165) is 28.3 Å². The van der Waals surface area contributed by atoms with Gasteiger partial charge in [0, 0.05) is 30.5 Å². The summed E-state index contributed by atoms with van der Waals surface area (Å²) >= 11 is 6.09. The van der Waals surface area contributed by atoms with Crippen LogP contribution in [-0.4, -0.2) is 30.4 Å². The van der Waals surface area contributed by atoms with Crippen molar-refractivity contribution in [3.05, 3.63) is 28.3 Å². The summed E-state index contributed by atoms with van der Waals surface area (Å²) in [5, 5.41) is 14.0. The van der Waals surface area contributed by atoms with E-state index in [1.807, 2.05) is 12.1 Å². The van der Waals surface area contributed by atoms with Crippen LogP contribution in [0.15, 0.2) is 12.1 Å². The van der Waals surface area contributed by atoms with Crippen LogP contribution < -0.4 is 10.1 Å². The van der Waals surface area contributed by atoms with E-state index in [0.29, 0.717) is 25.6 Å². The van der Waals surface area contributed by atoms with Gasteiger partial charge in [-0.2, -0.15) is 0 Å². The Morgan fingerprint density at radius 2 is 2.22 bits per heavy atom. The van der Waals surface area contributed by atoms with Crippen LogP contribution in [0.3, 0.4) is 0 Å². The Labute approximate surface area is 113 Å². The van der Waals surface area contributed by atoms with E-state index in [1.54, 1.807) is 0 Å². The van der Waals surface area contributed by atoms with Crippen molar-refractivity contribution in [3.8, 4) is 5.75 Å². The number of fused-ring (bicyclic) bond motifs is 1. The van der Waals surface area contributed by atoms with Gasteiger partial charge in [-0.15, -0.1) is 0 Å². The molecule has 0 saturated carbocycles. The molecule has 1 atom stereocenters. The monoisotopic (exact) mass is 269 g/mol. The first-order chi connectivity index (χ1) is 8.56. The zero-order valence-corrected chi connectivity index (χ0v) is 11.6. The van der Waals surface area contributed by atoms with Gasteiger partial charge in [0.25, 0.3) is 0 Å². The average Bonchev–Trinajstić information content (AvgIpc) is 2.74. The first-order valence-electron chi connectivity index (χ1n) is 6.42. The van der Waals surface area contributed by atoms with Crippen LogP contribution in [0, 0.1) is 0 Å². The molecule has 0 spiro atoms. The van der Waals surface area contributed by atoms with E-state index < -0.39 is 6.10 Å². The van der Waals surface area contributed by atoms with Gasteiger partial charge in [-0.1, -0.05) is 25.4 Å². The van der Waals surface area contributed by atoms with E-state index in [-0.39, 0.29) is 0 Å². The molecule has 0 saturated heterocycles. The van der Waals surface area contributed by atoms with Crippen LogP contribution >= 0.6 is 11.6 Å². The molecule has 0 fully saturated rings. The zero-order chi connectivity index (χ0) is 13.1. The Morgan fingerprint density at radius 3 is 2.94 bits per heavy atom. The van der Waals surface area contributed by atoms with E-state index in [1.165, 1.54) is 0 Å². The van der Waals surface area contributed by atoms with Crippen molar-refractivity contribution >= 4 is 11.6 Å². The second-order valence-electron chi connectivity index (χ2n) is 5.07. The Balaban J connectivity index is 2.05. The highest BCUT2D eigenvalue weighted by atomic mass is 35.5. The lowest BCUT2D eigenvalue weighted by molar-refractivity contribution is 0.167. The number of nitrogens with one attached hydrogen (secondary N) is 1. The molecule has 1 unspecified atom stereocenters. The van der Waals surface area contributed by atoms with Crippen molar-refractivity contribution in [2.24, 2.45) is 0 Å². The number of aliphatic hydroxyl groups is 1. The molecule has 100 valence electrons. The molecule has 1 aliphatic heterocycles. The van der Waals surface area contributed by atoms with E-state index in [9.17, 15) is 5.11 Å². The SMILES string of the molecule is CC(C)NCC(O)Cc1cc(Cl)cc2c1OCC2. The summed E-state index contributed by atoms with van der Waals surface area (Å²) in [6.07, 6.45) is 1.06. The molecule has 3 nitrogen and oxygen atoms in total. The van der Waals surface area contributed by atoms with Crippen LogP contribution in [0.5, 0.6) is 5.75 Å². The second-order valence-corrected chi connectivity index (χ2v) is 5.51. The third kappa shape index (κ3) is 3.37. The van der Waals surface area contributed by atoms with Crippen molar-refractivity contribution in [1.29, 1.82) is 0 Å². The van der Waals surface area contributed by atoms with E-state index in [2.05, 4.69) is 19.2 Å². The molecule has 4 heteroatoms. The highest BCUT2D eigenvalue weighted by Gasteiger charge is 2.19. The van der Waals surface area contributed by atoms with Crippen LogP contribution in [0.1, 0.15) is 25.0 Å². The van der Waals surface area contributed by atoms with Gasteiger partial charge in [0.1, 0.15) is 5.75 Å². The molecule has 2 rings (SSSR count). The average molecular weight is 270 g/mol. The molecule has 1 aromatic rings. The van der Waals surface area contributed by atoms with Gasteiger partial charge in [-0.3, -0.25) is 0 Å². The Kier molecular flexibility index (Phi) is 4.49. The molecule has 0 amide bonds. The first-order valence-corrected chi connectivity index (χ1v) is 6.79. The van der Waals surface area contributed by atoms with Gasteiger partial charge < -0.3 is 15.2 Å². The number of halogens is 1. The van der Waals surface area contributed by atoms with Gasteiger partial charge in [0.15, 0.2) is 0 Å². The lowest BCUT2D eigenvalue weighted by atomic mass is 10.0. The third-order valence-electron chi connectivity index (χ3n) is 3.04. The maximum absolute atomic E-state index is 10.0. The van der Waals surface area contributed by atoms with Crippen LogP contribution in [0.4, 0.5) is 0 Å². The number of benzene rings is 1. The van der Waals surface area contributed by atoms with Gasteiger partial charge in [-0.05, 0) is 23.3 Å². The van der Waals surface area contributed by atoms with Gasteiger partial charge >= 0.3 is 0 Å². The van der Waals surface area contributed by atoms with Gasteiger partial charge in [0.2, 0.25) is 0 Å². The van der Waals surface area contributed by atoms with Gasteiger partial charge in [0.05, 0.1) is 12.7 Å². The first kappa shape index (κ1) is 13.7. The lowest BCUT2D eigenvalue weighted by Crippen LogP contribution is -2.33. The van der Waals surface area contributed by atoms with Crippen molar-refractivity contribution in [2.75, 3.05) is 13.2 Å². The van der Waals surface area contributed by atoms with E-state index >= 15 is 0 Å². The number of hydrogen-bond acceptors (Lipinski definition) is 3. The molecule has 0 aromatic heterocycles. The van der Waals surface area contributed by atoms with Crippen molar-refractivity contribution < 1.29 is 9.84 Å². The predicted molar refractivity (Wildman–Crippen MR) is 73.5 cm³/mol. The molecular weight excluding hydrogens is 250 g/mol. The number of ether oxygens (including phenoxy) is 1. The fourth-order valence-electron chi connectivity index (χ4n) is 2.20. The highest BCUT2D eigenvalue weighted by molar-refractivity contribution is 6.30. The van der Waals surface area contributed by atoms with Crippen molar-refractivity contribution in [1.82, 2.24) is 5.32 Å². The van der Waals surface area contributed by atoms with Crippen molar-refractivity contribution in [2.45, 2.75) is 38.8 Å². The van der Waals surface area contributed by atoms with Gasteiger partial charge in [-0.25, -0.2) is 0 Å². The Hall–Kier alpha value is -0.770. The molecule has 2 N–H and O–H groups in total. The van der Waals surface area contributed by atoms with Crippen LogP contribution in [0.25, 0.3) is 0 Å². The maximum Gasteiger partial charge on any atom is 0.126 e. The summed E-state index contributed by atoms with van der Waals surface area (Å²) in [6, 6.07) is 4.22. The normalized spacial score (nSPS) is 15.6. The standard InChI is InChI=1S/C14H20ClNO2/c1-9(2)16-8-13(17)7-11-6-12(15)5-10-3-4-18-14(10)11/h5-6,9,13,16-17H,3-4,7-8H2,1-2H3. The number of hydrogen-bond donors (Lipinski definition) is 2. The summed E-state index contributed by atoms with van der Waals surface area (Å²) in [5.74, 6) is 0.919. The van der Waals surface area contributed by atoms with Crippen molar-refractivity contribution in [3.63, 3.8) is 0 Å². The molecule has 0 radical (unpaired) electrons. The molecule has 0 aliphatic carbocycles. The third-order valence-corrected chi connectivity index (χ3v) is 3.26. The lowest BCUT2D eigenvalue weighted by Gasteiger charge is -2.16. The fourth-order valence-corrected chi connectivity index (χ4v) is 2.46. The molecule has 1 aliphatic rings. The summed E-state index contributed by atoms with van der Waals surface area (Å²) in [6.45, 7) is 5.42. The number of aliphatic hydroxyl groups excluding tert-OH is 1.